The SMILES string of the molecule is Cc1nc2cc(S)cnc2n1C(F)(F)F. The van der Waals surface area contributed by atoms with Crippen LogP contribution in [-0.2, 0) is 6.30 Å². The highest BCUT2D eigenvalue weighted by molar-refractivity contribution is 7.80. The first-order chi connectivity index (χ1) is 6.89. The van der Waals surface area contributed by atoms with Gasteiger partial charge in [-0.2, -0.15) is 0 Å². The number of hydrogen-bond donors (Lipinski definition) is 1. The third-order valence-corrected chi connectivity index (χ3v) is 2.15. The Balaban J connectivity index is 2.80. The Bertz CT molecular complexity index is 518. The second kappa shape index (κ2) is 3.13. The molecule has 80 valence electrons. The average molecular weight is 233 g/mol. The molecule has 0 bridgehead atoms. The van der Waals surface area contributed by atoms with Gasteiger partial charge in [0, 0.05) is 11.1 Å². The van der Waals surface area contributed by atoms with E-state index < -0.39 is 6.30 Å². The molecule has 0 atom stereocenters. The highest BCUT2D eigenvalue weighted by Crippen LogP contribution is 2.28. The Morgan fingerprint density at radius 1 is 1.40 bits per heavy atom. The first kappa shape index (κ1) is 10.3. The van der Waals surface area contributed by atoms with Crippen LogP contribution in [0.25, 0.3) is 11.2 Å². The number of aryl methyl sites for hydroxylation is 1. The molecule has 7 heteroatoms. The highest BCUT2D eigenvalue weighted by atomic mass is 32.1. The molecule has 15 heavy (non-hydrogen) atoms. The number of fused-ring (bicyclic) bond motifs is 1. The third-order valence-electron chi connectivity index (χ3n) is 1.90. The zero-order chi connectivity index (χ0) is 11.2. The molecule has 0 fully saturated rings. The van der Waals surface area contributed by atoms with E-state index in [1.54, 1.807) is 0 Å². The minimum atomic E-state index is -4.50. The molecular weight excluding hydrogens is 227 g/mol. The summed E-state index contributed by atoms with van der Waals surface area (Å²) in [5.74, 6) is -0.135. The van der Waals surface area contributed by atoms with Gasteiger partial charge in [-0.3, -0.25) is 0 Å². The van der Waals surface area contributed by atoms with E-state index in [9.17, 15) is 13.2 Å². The molecule has 0 amide bonds. The largest absolute Gasteiger partial charge is 0.491 e. The molecule has 2 heterocycles. The van der Waals surface area contributed by atoms with Crippen molar-refractivity contribution < 1.29 is 13.2 Å². The molecule has 3 nitrogen and oxygen atoms in total. The number of imidazole rings is 1. The smallest absolute Gasteiger partial charge is 0.235 e. The molecule has 0 N–H and O–H groups in total. The lowest BCUT2D eigenvalue weighted by molar-refractivity contribution is -0.202. The number of rotatable bonds is 0. The second-order valence-electron chi connectivity index (χ2n) is 3.00. The minimum Gasteiger partial charge on any atom is -0.235 e. The fourth-order valence-corrected chi connectivity index (χ4v) is 1.55. The fraction of sp³-hybridized carbons (Fsp3) is 0.250. The molecule has 0 saturated carbocycles. The van der Waals surface area contributed by atoms with Gasteiger partial charge >= 0.3 is 6.30 Å². The van der Waals surface area contributed by atoms with E-state index in [0.717, 1.165) is 0 Å². The molecule has 0 aliphatic heterocycles. The Kier molecular flexibility index (Phi) is 2.14. The first-order valence-corrected chi connectivity index (χ1v) is 4.45. The van der Waals surface area contributed by atoms with Crippen molar-refractivity contribution in [2.45, 2.75) is 18.1 Å². The third kappa shape index (κ3) is 1.67. The number of nitrogens with zero attached hydrogens (tertiary/aromatic N) is 3. The summed E-state index contributed by atoms with van der Waals surface area (Å²) in [7, 11) is 0. The number of pyridine rings is 1. The lowest BCUT2D eigenvalue weighted by Crippen LogP contribution is -2.18. The van der Waals surface area contributed by atoms with Crippen LogP contribution in [0.5, 0.6) is 0 Å². The number of aromatic nitrogens is 3. The fourth-order valence-electron chi connectivity index (χ4n) is 1.37. The van der Waals surface area contributed by atoms with Crippen LogP contribution >= 0.6 is 12.6 Å². The van der Waals surface area contributed by atoms with Crippen LogP contribution in [0.2, 0.25) is 0 Å². The van der Waals surface area contributed by atoms with E-state index in [4.69, 9.17) is 0 Å². The van der Waals surface area contributed by atoms with Crippen molar-refractivity contribution in [3.8, 4) is 0 Å². The van der Waals surface area contributed by atoms with Gasteiger partial charge in [-0.05, 0) is 13.0 Å². The van der Waals surface area contributed by atoms with Crippen LogP contribution in [0, 0.1) is 6.92 Å². The summed E-state index contributed by atoms with van der Waals surface area (Å²) >= 11 is 3.98. The van der Waals surface area contributed by atoms with Crippen LogP contribution in [-0.4, -0.2) is 14.5 Å². The maximum atomic E-state index is 12.6. The van der Waals surface area contributed by atoms with Gasteiger partial charge in [-0.25, -0.2) is 14.5 Å². The van der Waals surface area contributed by atoms with Crippen molar-refractivity contribution in [3.63, 3.8) is 0 Å². The molecule has 0 aromatic carbocycles. The van der Waals surface area contributed by atoms with Gasteiger partial charge in [-0.1, -0.05) is 0 Å². The van der Waals surface area contributed by atoms with Crippen molar-refractivity contribution in [3.05, 3.63) is 18.1 Å². The van der Waals surface area contributed by atoms with Crippen LogP contribution in [0.3, 0.4) is 0 Å². The summed E-state index contributed by atoms with van der Waals surface area (Å²) in [5.41, 5.74) is -0.00451. The maximum Gasteiger partial charge on any atom is 0.491 e. The lowest BCUT2D eigenvalue weighted by Gasteiger charge is -2.09. The molecule has 0 radical (unpaired) electrons. The summed E-state index contributed by atoms with van der Waals surface area (Å²) < 4.78 is 37.9. The molecule has 0 aliphatic rings. The summed E-state index contributed by atoms with van der Waals surface area (Å²) in [6, 6.07) is 1.45. The Labute approximate surface area is 88.4 Å². The van der Waals surface area contributed by atoms with Gasteiger partial charge in [0.1, 0.15) is 11.3 Å². The Morgan fingerprint density at radius 2 is 2.07 bits per heavy atom. The van der Waals surface area contributed by atoms with E-state index in [1.165, 1.54) is 19.2 Å². The van der Waals surface area contributed by atoms with E-state index in [2.05, 4.69) is 22.6 Å². The zero-order valence-corrected chi connectivity index (χ0v) is 8.47. The minimum absolute atomic E-state index is 0.135. The summed E-state index contributed by atoms with van der Waals surface area (Å²) in [6.07, 6.45) is -3.24. The zero-order valence-electron chi connectivity index (χ0n) is 7.58. The molecular formula is C8H6F3N3S. The van der Waals surface area contributed by atoms with Gasteiger partial charge in [0.2, 0.25) is 0 Å². The standard InChI is InChI=1S/C8H6F3N3S/c1-4-13-6-2-5(15)3-12-7(6)14(4)8(9,10)11/h2-3,15H,1H3. The van der Waals surface area contributed by atoms with E-state index in [0.29, 0.717) is 4.90 Å². The molecule has 2 aromatic rings. The first-order valence-electron chi connectivity index (χ1n) is 4.01. The number of halogens is 3. The van der Waals surface area contributed by atoms with Crippen molar-refractivity contribution in [1.29, 1.82) is 0 Å². The van der Waals surface area contributed by atoms with Gasteiger partial charge < -0.3 is 0 Å². The monoisotopic (exact) mass is 233 g/mol. The summed E-state index contributed by atoms with van der Waals surface area (Å²) in [4.78, 5) is 7.92. The van der Waals surface area contributed by atoms with Gasteiger partial charge in [0.05, 0.1) is 0 Å². The van der Waals surface area contributed by atoms with Gasteiger partial charge in [0.15, 0.2) is 5.65 Å². The van der Waals surface area contributed by atoms with E-state index >= 15 is 0 Å². The quantitative estimate of drug-likeness (QED) is 0.709. The molecule has 0 saturated heterocycles. The number of hydrogen-bond acceptors (Lipinski definition) is 3. The lowest BCUT2D eigenvalue weighted by atomic mass is 10.4. The molecule has 2 aromatic heterocycles. The normalized spacial score (nSPS) is 12.3. The van der Waals surface area contributed by atoms with Gasteiger partial charge in [-0.15, -0.1) is 25.8 Å². The second-order valence-corrected chi connectivity index (χ2v) is 3.51. The summed E-state index contributed by atoms with van der Waals surface area (Å²) in [6.45, 7) is 1.29. The predicted molar refractivity (Wildman–Crippen MR) is 50.8 cm³/mol. The Morgan fingerprint density at radius 3 is 2.67 bits per heavy atom. The van der Waals surface area contributed by atoms with E-state index in [-0.39, 0.29) is 21.6 Å². The van der Waals surface area contributed by atoms with Crippen LogP contribution in [0.4, 0.5) is 13.2 Å². The molecule has 0 unspecified atom stereocenters. The predicted octanol–water partition coefficient (Wildman–Crippen LogP) is 2.50. The van der Waals surface area contributed by atoms with Crippen molar-refractivity contribution in [2.75, 3.05) is 0 Å². The molecule has 2 rings (SSSR count). The van der Waals surface area contributed by atoms with Gasteiger partial charge in [0.25, 0.3) is 0 Å². The topological polar surface area (TPSA) is 30.7 Å². The Hall–Kier alpha value is -1.24. The van der Waals surface area contributed by atoms with Crippen LogP contribution in [0.15, 0.2) is 17.2 Å². The van der Waals surface area contributed by atoms with Crippen molar-refractivity contribution >= 4 is 23.8 Å². The van der Waals surface area contributed by atoms with Crippen molar-refractivity contribution in [1.82, 2.24) is 14.5 Å². The van der Waals surface area contributed by atoms with Crippen LogP contribution in [0.1, 0.15) is 5.82 Å². The molecule has 0 aliphatic carbocycles. The van der Waals surface area contributed by atoms with Crippen LogP contribution < -0.4 is 0 Å². The maximum absolute atomic E-state index is 12.6. The molecule has 0 spiro atoms. The highest BCUT2D eigenvalue weighted by Gasteiger charge is 2.34. The van der Waals surface area contributed by atoms with E-state index in [1.807, 2.05) is 0 Å². The summed E-state index contributed by atoms with van der Waals surface area (Å²) in [5, 5.41) is 0. The van der Waals surface area contributed by atoms with Crippen molar-refractivity contribution in [2.24, 2.45) is 0 Å². The average Bonchev–Trinajstić information content (AvgIpc) is 2.38. The number of alkyl halides is 3. The number of thiol groups is 1.